The number of carbonyl (C=O) groups excluding carboxylic acids is 1. The molecular weight excluding hydrogens is 842 g/mol. The fourth-order valence-corrected chi connectivity index (χ4v) is 7.46. The lowest BCUT2D eigenvalue weighted by Gasteiger charge is -2.28. The zero-order valence-electron chi connectivity index (χ0n) is 39.8. The molecule has 0 unspecified atom stereocenters. The van der Waals surface area contributed by atoms with Gasteiger partial charge in [0.05, 0.1) is 12.2 Å². The highest BCUT2D eigenvalue weighted by Crippen LogP contribution is 2.34. The number of anilines is 1. The van der Waals surface area contributed by atoms with E-state index in [1.165, 1.54) is 12.3 Å². The summed E-state index contributed by atoms with van der Waals surface area (Å²) in [5.41, 5.74) is 18.8. The maximum absolute atomic E-state index is 12.6. The van der Waals surface area contributed by atoms with Crippen molar-refractivity contribution in [1.29, 1.82) is 0 Å². The molecule has 5 aromatic heterocycles. The van der Waals surface area contributed by atoms with Crippen LogP contribution in [0.15, 0.2) is 107 Å². The largest absolute Gasteiger partial charge is 1.00 e. The monoisotopic (exact) mass is 908 g/mol. The van der Waals surface area contributed by atoms with E-state index < -0.39 is 0 Å². The Balaban J connectivity index is 0.000000232. The summed E-state index contributed by atoms with van der Waals surface area (Å²) in [6.07, 6.45) is 11.8. The van der Waals surface area contributed by atoms with Crippen LogP contribution in [0.4, 0.5) is 5.95 Å². The van der Waals surface area contributed by atoms with E-state index >= 15 is 0 Å². The van der Waals surface area contributed by atoms with Gasteiger partial charge in [-0.2, -0.15) is 9.97 Å². The summed E-state index contributed by atoms with van der Waals surface area (Å²) in [5, 5.41) is 3.40. The van der Waals surface area contributed by atoms with Crippen molar-refractivity contribution in [1.82, 2.24) is 43.4 Å². The van der Waals surface area contributed by atoms with Crippen LogP contribution in [0.5, 0.6) is 0 Å². The van der Waals surface area contributed by atoms with Crippen molar-refractivity contribution in [2.24, 2.45) is 22.3 Å². The summed E-state index contributed by atoms with van der Waals surface area (Å²) in [6, 6.07) is 18.0. The van der Waals surface area contributed by atoms with Crippen LogP contribution in [-0.2, 0) is 0 Å². The Hall–Kier alpha value is -6.49. The normalized spacial score (nSPS) is 11.6. The van der Waals surface area contributed by atoms with Crippen molar-refractivity contribution in [2.45, 2.75) is 41.5 Å². The summed E-state index contributed by atoms with van der Waals surface area (Å²) in [4.78, 5) is 40.2. The molecule has 348 valence electrons. The molecule has 17 heteroatoms. The molecule has 0 atom stereocenters. The molecule has 65 heavy (non-hydrogen) atoms. The second-order valence-electron chi connectivity index (χ2n) is 18.2. The number of nitrogens with two attached hydrogens (primary N) is 2. The van der Waals surface area contributed by atoms with Gasteiger partial charge in [-0.15, -0.1) is 0 Å². The van der Waals surface area contributed by atoms with Crippen LogP contribution in [0.3, 0.4) is 0 Å². The smallest absolute Gasteiger partial charge is 0.338 e. The van der Waals surface area contributed by atoms with Gasteiger partial charge >= 0.3 is 17.6 Å². The van der Waals surface area contributed by atoms with Crippen LogP contribution in [0.25, 0.3) is 45.6 Å². The van der Waals surface area contributed by atoms with E-state index in [0.717, 1.165) is 65.5 Å². The first-order chi connectivity index (χ1) is 30.2. The van der Waals surface area contributed by atoms with Crippen molar-refractivity contribution < 1.29 is 31.0 Å². The minimum absolute atomic E-state index is 0. The van der Waals surface area contributed by atoms with Gasteiger partial charge in [0.1, 0.15) is 35.3 Å². The maximum Gasteiger partial charge on any atom is 0.338 e. The standard InChI is InChI=1S/C23H28N6O.C17H17N3O2.C8H20N4.ClH/c1-16-8-6-7-9-17(16)19-20(29-12-13-30-22(29)27-19)18-10-11-24-21(26-18)25-14-23(2,3)15-28(4)5;1-12-6-4-5-7-13(12)15-16(14(21)8-9-19(2)3)20-10-11-22-17(20)18-15;1-8(2,6-12(3)4)5-11-7(9)10;/h6-13H,14-15H2,1-5H3,(H,24,25,26);4-11H,1-3H3;5-6H2,1-4H3,(H4,9,10,11);1H. The van der Waals surface area contributed by atoms with Gasteiger partial charge < -0.3 is 41.3 Å². The number of guanidine groups is 1. The lowest BCUT2D eigenvalue weighted by Crippen LogP contribution is -3.00. The average Bonchev–Trinajstić information content (AvgIpc) is 4.01. The van der Waals surface area contributed by atoms with Gasteiger partial charge in [0.25, 0.3) is 0 Å². The fraction of sp³-hybridized carbons (Fsp3) is 0.375. The minimum Gasteiger partial charge on any atom is -1.00 e. The van der Waals surface area contributed by atoms with Crippen molar-refractivity contribution in [3.63, 3.8) is 0 Å². The van der Waals surface area contributed by atoms with E-state index in [0.29, 0.717) is 35.0 Å². The van der Waals surface area contributed by atoms with Crippen LogP contribution < -0.4 is 34.2 Å². The first-order valence-electron chi connectivity index (χ1n) is 21.2. The number of imidazole rings is 2. The molecule has 7 rings (SSSR count). The van der Waals surface area contributed by atoms with Gasteiger partial charge in [0.15, 0.2) is 0 Å². The molecule has 0 saturated carbocycles. The number of hydrogen-bond acceptors (Lipinski definition) is 11. The van der Waals surface area contributed by atoms with Crippen molar-refractivity contribution in [3.8, 4) is 33.9 Å². The number of fused-ring (bicyclic) bond motifs is 2. The third-order valence-electron chi connectivity index (χ3n) is 9.96. The maximum atomic E-state index is 12.6. The SMILES string of the molecule is CN(C)CC(C)(C)C[NH+]=C(N)N.Cc1ccccc1-c1nc2occn2c1-c1ccnc(NCC(C)(C)CN(C)C)n1.Cc1ccccc1-c1nc2occn2c1C(=O)C=CN(C)C.[Cl-]. The van der Waals surface area contributed by atoms with Crippen LogP contribution >= 0.6 is 0 Å². The lowest BCUT2D eigenvalue weighted by atomic mass is 9.93. The molecule has 0 bridgehead atoms. The van der Waals surface area contributed by atoms with E-state index in [1.54, 1.807) is 29.3 Å². The molecular formula is C48H66ClN13O3. The van der Waals surface area contributed by atoms with E-state index in [1.807, 2.05) is 79.0 Å². The van der Waals surface area contributed by atoms with Crippen molar-refractivity contribution >= 4 is 29.4 Å². The van der Waals surface area contributed by atoms with Gasteiger partial charge in [-0.25, -0.2) is 9.97 Å². The molecule has 0 aliphatic heterocycles. The molecule has 0 fully saturated rings. The number of ketones is 1. The Morgan fingerprint density at radius 2 is 1.31 bits per heavy atom. The predicted octanol–water partition coefficient (Wildman–Crippen LogP) is 2.45. The zero-order chi connectivity index (χ0) is 46.8. The number of halogens is 1. The number of aryl methyl sites for hydroxylation is 2. The molecule has 0 saturated heterocycles. The van der Waals surface area contributed by atoms with Crippen LogP contribution in [0.1, 0.15) is 49.3 Å². The topological polar surface area (TPSA) is 191 Å². The highest BCUT2D eigenvalue weighted by atomic mass is 35.5. The molecule has 6 N–H and O–H groups in total. The van der Waals surface area contributed by atoms with E-state index in [-0.39, 0.29) is 29.0 Å². The Bertz CT molecular complexity index is 2680. The summed E-state index contributed by atoms with van der Waals surface area (Å²) >= 11 is 0. The second-order valence-corrected chi connectivity index (χ2v) is 18.2. The Kier molecular flexibility index (Phi) is 17.6. The fourth-order valence-electron chi connectivity index (χ4n) is 7.46. The number of nitrogens with one attached hydrogen (secondary N) is 2. The van der Waals surface area contributed by atoms with Gasteiger partial charge in [-0.05, 0) is 64.6 Å². The summed E-state index contributed by atoms with van der Waals surface area (Å²) < 4.78 is 14.5. The lowest BCUT2D eigenvalue weighted by molar-refractivity contribution is -0.476. The number of benzene rings is 2. The van der Waals surface area contributed by atoms with Crippen LogP contribution in [0.2, 0.25) is 0 Å². The Morgan fingerprint density at radius 3 is 1.88 bits per heavy atom. The molecule has 0 aliphatic carbocycles. The van der Waals surface area contributed by atoms with Crippen LogP contribution in [0, 0.1) is 24.7 Å². The number of nitrogens with zero attached hydrogens (tertiary/aromatic N) is 9. The van der Waals surface area contributed by atoms with Crippen molar-refractivity contribution in [2.75, 3.05) is 73.8 Å². The number of allylic oxidation sites excluding steroid dienone is 1. The molecule has 0 radical (unpaired) electrons. The van der Waals surface area contributed by atoms with E-state index in [9.17, 15) is 4.79 Å². The van der Waals surface area contributed by atoms with Crippen LogP contribution in [-0.4, -0.2) is 124 Å². The molecule has 0 amide bonds. The Morgan fingerprint density at radius 1 is 0.769 bits per heavy atom. The zero-order valence-corrected chi connectivity index (χ0v) is 40.6. The number of rotatable bonds is 15. The molecule has 5 heterocycles. The quantitative estimate of drug-likeness (QED) is 0.0509. The highest BCUT2D eigenvalue weighted by Gasteiger charge is 2.24. The third-order valence-corrected chi connectivity index (χ3v) is 9.96. The number of aromatic nitrogens is 6. The molecule has 16 nitrogen and oxygen atoms in total. The predicted molar refractivity (Wildman–Crippen MR) is 256 cm³/mol. The molecule has 2 aromatic carbocycles. The van der Waals surface area contributed by atoms with E-state index in [4.69, 9.17) is 30.3 Å². The highest BCUT2D eigenvalue weighted by molar-refractivity contribution is 6.08. The summed E-state index contributed by atoms with van der Waals surface area (Å²) in [7, 11) is 12.0. The van der Waals surface area contributed by atoms with Gasteiger partial charge in [0, 0.05) is 81.1 Å². The third kappa shape index (κ3) is 14.0. The number of carbonyl (C=O) groups is 1. The minimum atomic E-state index is -0.110. The van der Waals surface area contributed by atoms with Crippen molar-refractivity contribution in [3.05, 3.63) is 115 Å². The molecule has 0 aliphatic rings. The van der Waals surface area contributed by atoms with E-state index in [2.05, 4.69) is 105 Å². The first kappa shape index (κ1) is 51.1. The van der Waals surface area contributed by atoms with Gasteiger partial charge in [-0.3, -0.25) is 30.1 Å². The summed E-state index contributed by atoms with van der Waals surface area (Å²) in [6.45, 7) is 16.4. The van der Waals surface area contributed by atoms with Gasteiger partial charge in [0.2, 0.25) is 11.7 Å². The Labute approximate surface area is 388 Å². The second kappa shape index (κ2) is 22.4. The molecule has 7 aromatic rings. The van der Waals surface area contributed by atoms with Gasteiger partial charge in [-0.1, -0.05) is 76.2 Å². The first-order valence-corrected chi connectivity index (χ1v) is 21.2. The average molecular weight is 909 g/mol. The number of hydrogen-bond donors (Lipinski definition) is 4. The number of oxazole rings is 2. The molecule has 0 spiro atoms. The summed E-state index contributed by atoms with van der Waals surface area (Å²) in [5.74, 6) is 1.75.